The van der Waals surface area contributed by atoms with E-state index in [0.717, 1.165) is 18.7 Å². The van der Waals surface area contributed by atoms with Gasteiger partial charge in [0.1, 0.15) is 0 Å². The van der Waals surface area contributed by atoms with Gasteiger partial charge in [0, 0.05) is 18.9 Å². The number of hydrogen-bond donors (Lipinski definition) is 0. The molecule has 0 bridgehead atoms. The van der Waals surface area contributed by atoms with Gasteiger partial charge >= 0.3 is 7.12 Å². The summed E-state index contributed by atoms with van der Waals surface area (Å²) in [6, 6.07) is 3.96. The van der Waals surface area contributed by atoms with Gasteiger partial charge in [0.05, 0.1) is 23.6 Å². The van der Waals surface area contributed by atoms with Gasteiger partial charge in [0.2, 0.25) is 0 Å². The number of anilines is 1. The smallest absolute Gasteiger partial charge is 0.402 e. The van der Waals surface area contributed by atoms with E-state index in [1.54, 1.807) is 6.20 Å². The van der Waals surface area contributed by atoms with Crippen LogP contribution in [0.4, 0.5) is 5.69 Å². The van der Waals surface area contributed by atoms with E-state index in [9.17, 15) is 0 Å². The zero-order chi connectivity index (χ0) is 16.7. The topological polar surface area (TPSA) is 34.6 Å². The van der Waals surface area contributed by atoms with Gasteiger partial charge in [-0.3, -0.25) is 4.98 Å². The molecule has 1 saturated heterocycles. The second-order valence-electron chi connectivity index (χ2n) is 6.07. The molecule has 1 unspecified atom stereocenters. The molecule has 1 aromatic heterocycles. The molecule has 1 atom stereocenters. The minimum absolute atomic E-state index is 0.0985. The van der Waals surface area contributed by atoms with E-state index in [1.807, 2.05) is 57.4 Å². The van der Waals surface area contributed by atoms with Crippen LogP contribution in [0.2, 0.25) is 0 Å². The molecule has 1 aromatic rings. The summed E-state index contributed by atoms with van der Waals surface area (Å²) < 4.78 is 11.6. The fraction of sp³-hybridized carbons (Fsp3) is 0.389. The maximum absolute atomic E-state index is 5.83. The van der Waals surface area contributed by atoms with Gasteiger partial charge in [-0.15, -0.1) is 6.58 Å². The van der Waals surface area contributed by atoms with Crippen molar-refractivity contribution in [1.29, 1.82) is 0 Å². The summed E-state index contributed by atoms with van der Waals surface area (Å²) in [7, 11) is -0.254. The van der Waals surface area contributed by atoms with E-state index in [-0.39, 0.29) is 18.8 Å². The molecule has 2 heterocycles. The molecule has 1 aliphatic rings. The highest BCUT2D eigenvalue weighted by molar-refractivity contribution is 6.51. The first-order valence-corrected chi connectivity index (χ1v) is 7.97. The van der Waals surface area contributed by atoms with Gasteiger partial charge in [-0.25, -0.2) is 0 Å². The van der Waals surface area contributed by atoms with E-state index < -0.39 is 0 Å². The predicted octanol–water partition coefficient (Wildman–Crippen LogP) is 3.78. The molecule has 1 aliphatic heterocycles. The van der Waals surface area contributed by atoms with Crippen LogP contribution in [-0.4, -0.2) is 30.4 Å². The van der Waals surface area contributed by atoms with E-state index >= 15 is 0 Å². The molecule has 2 rings (SSSR count). The lowest BCUT2D eigenvalue weighted by molar-refractivity contribution is 0.0842. The molecule has 0 N–H and O–H groups in total. The zero-order valence-electron chi connectivity index (χ0n) is 14.2. The first-order valence-electron chi connectivity index (χ1n) is 7.97. The van der Waals surface area contributed by atoms with Gasteiger partial charge in [-0.05, 0) is 39.3 Å². The highest BCUT2D eigenvalue weighted by Gasteiger charge is 2.41. The standard InChI is InChI=1S/C18H25BN2O2/c1-5-13-21(17-10-9-12-20-15-17)14-8-6-7-11-19-22-16(2)18(3,4)23-19/h5,7-12,14-16H,1,6,13H2,2-4H3/b11-7+,14-8-. The average Bonchev–Trinajstić information content (AvgIpc) is 2.79. The average molecular weight is 312 g/mol. The minimum Gasteiger partial charge on any atom is -0.402 e. The third-order valence-electron chi connectivity index (χ3n) is 3.89. The SMILES string of the molecule is C=CCN(/C=C\C/C=C/B1OC(C)C(C)(C)O1)c1cccnc1. The van der Waals surface area contributed by atoms with Crippen LogP contribution in [0.25, 0.3) is 0 Å². The van der Waals surface area contributed by atoms with Gasteiger partial charge < -0.3 is 14.2 Å². The Bertz CT molecular complexity index is 557. The first-order chi connectivity index (χ1) is 11.0. The molecule has 4 nitrogen and oxygen atoms in total. The third-order valence-corrected chi connectivity index (χ3v) is 3.89. The second kappa shape index (κ2) is 8.13. The van der Waals surface area contributed by atoms with Crippen molar-refractivity contribution in [2.75, 3.05) is 11.4 Å². The monoisotopic (exact) mass is 312 g/mol. The molecule has 5 heteroatoms. The van der Waals surface area contributed by atoms with Crippen molar-refractivity contribution in [3.63, 3.8) is 0 Å². The Balaban J connectivity index is 1.85. The van der Waals surface area contributed by atoms with E-state index in [4.69, 9.17) is 9.31 Å². The van der Waals surface area contributed by atoms with Crippen molar-refractivity contribution in [1.82, 2.24) is 4.98 Å². The first kappa shape index (κ1) is 17.5. The summed E-state index contributed by atoms with van der Waals surface area (Å²) in [5, 5.41) is 0. The van der Waals surface area contributed by atoms with Gasteiger partial charge in [-0.2, -0.15) is 0 Å². The van der Waals surface area contributed by atoms with Crippen LogP contribution >= 0.6 is 0 Å². The Kier molecular flexibility index (Phi) is 6.19. The summed E-state index contributed by atoms with van der Waals surface area (Å²) >= 11 is 0. The highest BCUT2D eigenvalue weighted by atomic mass is 16.7. The van der Waals surface area contributed by atoms with Crippen LogP contribution in [-0.2, 0) is 9.31 Å². The Morgan fingerprint density at radius 1 is 1.43 bits per heavy atom. The molecule has 0 amide bonds. The number of pyridine rings is 1. The van der Waals surface area contributed by atoms with Crippen molar-refractivity contribution >= 4 is 12.8 Å². The lowest BCUT2D eigenvalue weighted by Gasteiger charge is -2.21. The maximum Gasteiger partial charge on any atom is 0.486 e. The predicted molar refractivity (Wildman–Crippen MR) is 96.1 cm³/mol. The third kappa shape index (κ3) is 5.08. The molecular weight excluding hydrogens is 287 g/mol. The molecule has 0 aliphatic carbocycles. The fourth-order valence-corrected chi connectivity index (χ4v) is 2.24. The molecule has 0 spiro atoms. The van der Waals surface area contributed by atoms with Crippen molar-refractivity contribution in [2.24, 2.45) is 0 Å². The number of nitrogens with zero attached hydrogens (tertiary/aromatic N) is 2. The summed E-state index contributed by atoms with van der Waals surface area (Å²) in [6.45, 7) is 10.7. The zero-order valence-corrected chi connectivity index (χ0v) is 14.2. The van der Waals surface area contributed by atoms with Crippen molar-refractivity contribution in [2.45, 2.75) is 38.9 Å². The molecular formula is C18H25BN2O2. The molecule has 0 saturated carbocycles. The van der Waals surface area contributed by atoms with Gasteiger partial charge in [0.15, 0.2) is 0 Å². The van der Waals surface area contributed by atoms with Crippen LogP contribution < -0.4 is 4.90 Å². The largest absolute Gasteiger partial charge is 0.486 e. The number of hydrogen-bond acceptors (Lipinski definition) is 4. The van der Waals surface area contributed by atoms with E-state index in [0.29, 0.717) is 0 Å². The summed E-state index contributed by atoms with van der Waals surface area (Å²) in [5.41, 5.74) is 0.817. The van der Waals surface area contributed by atoms with Crippen LogP contribution in [0.15, 0.2) is 61.5 Å². The van der Waals surface area contributed by atoms with Crippen LogP contribution in [0.5, 0.6) is 0 Å². The summed E-state index contributed by atoms with van der Waals surface area (Å²) in [6.07, 6.45) is 12.6. The Labute approximate surface area is 139 Å². The van der Waals surface area contributed by atoms with Gasteiger partial charge in [0.25, 0.3) is 0 Å². The number of rotatable bonds is 7. The van der Waals surface area contributed by atoms with Crippen molar-refractivity contribution in [3.8, 4) is 0 Å². The number of aromatic nitrogens is 1. The Hall–Kier alpha value is -1.85. The highest BCUT2D eigenvalue weighted by Crippen LogP contribution is 2.27. The molecule has 0 radical (unpaired) electrons. The Morgan fingerprint density at radius 2 is 2.26 bits per heavy atom. The molecule has 1 fully saturated rings. The summed E-state index contributed by atoms with van der Waals surface area (Å²) in [4.78, 5) is 6.25. The minimum atomic E-state index is -0.254. The molecule has 0 aromatic carbocycles. The Morgan fingerprint density at radius 3 is 2.87 bits per heavy atom. The lowest BCUT2D eigenvalue weighted by Crippen LogP contribution is -2.30. The quantitative estimate of drug-likeness (QED) is 0.567. The summed E-state index contributed by atoms with van der Waals surface area (Å²) in [5.74, 6) is 1.97. The fourth-order valence-electron chi connectivity index (χ4n) is 2.24. The van der Waals surface area contributed by atoms with Crippen LogP contribution in [0.3, 0.4) is 0 Å². The van der Waals surface area contributed by atoms with Crippen LogP contribution in [0.1, 0.15) is 27.2 Å². The van der Waals surface area contributed by atoms with Crippen LogP contribution in [0, 0.1) is 0 Å². The van der Waals surface area contributed by atoms with Crippen molar-refractivity contribution < 1.29 is 9.31 Å². The van der Waals surface area contributed by atoms with E-state index in [1.165, 1.54) is 0 Å². The number of allylic oxidation sites excluding steroid dienone is 2. The normalized spacial score (nSPS) is 20.5. The molecule has 23 heavy (non-hydrogen) atoms. The maximum atomic E-state index is 5.83. The second-order valence-corrected chi connectivity index (χ2v) is 6.07. The van der Waals surface area contributed by atoms with Gasteiger partial charge in [-0.1, -0.05) is 24.2 Å². The molecule has 122 valence electrons. The van der Waals surface area contributed by atoms with Crippen molar-refractivity contribution in [3.05, 3.63) is 61.5 Å². The lowest BCUT2D eigenvalue weighted by atomic mass is 9.90. The van der Waals surface area contributed by atoms with E-state index in [2.05, 4.69) is 28.6 Å².